The predicted molar refractivity (Wildman–Crippen MR) is 116 cm³/mol. The van der Waals surface area contributed by atoms with Crippen LogP contribution in [0.5, 0.6) is 11.5 Å². The monoisotopic (exact) mass is 366 g/mol. The van der Waals surface area contributed by atoms with E-state index in [4.69, 9.17) is 16.2 Å². The molecule has 4 N–H and O–H groups in total. The molecule has 4 aromatic carbocycles. The van der Waals surface area contributed by atoms with Crippen LogP contribution in [0, 0.1) is 0 Å². The quantitative estimate of drug-likeness (QED) is 0.345. The molecule has 0 amide bonds. The zero-order valence-corrected chi connectivity index (χ0v) is 15.5. The molecule has 0 aliphatic heterocycles. The Morgan fingerprint density at radius 3 is 1.32 bits per heavy atom. The van der Waals surface area contributed by atoms with Crippen LogP contribution in [0.3, 0.4) is 0 Å². The standard InChI is InChI=1S/C25H22N2O/c26-21-12-6-18(7-13-21)25(19-8-14-22(27)15-9-19)20-10-16-24(17-11-20)28-23-4-2-1-3-5-23/h1-17,25H,26-27H2. The minimum absolute atomic E-state index is 0.0898. The lowest BCUT2D eigenvalue weighted by Crippen LogP contribution is -2.04. The molecule has 0 saturated carbocycles. The fourth-order valence-electron chi connectivity index (χ4n) is 3.31. The first-order valence-corrected chi connectivity index (χ1v) is 9.23. The Morgan fingerprint density at radius 2 is 0.857 bits per heavy atom. The highest BCUT2D eigenvalue weighted by atomic mass is 16.5. The number of nitrogen functional groups attached to an aromatic ring is 2. The Morgan fingerprint density at radius 1 is 0.464 bits per heavy atom. The summed E-state index contributed by atoms with van der Waals surface area (Å²) in [6.45, 7) is 0. The number of rotatable bonds is 5. The van der Waals surface area contributed by atoms with Gasteiger partial charge in [-0.15, -0.1) is 0 Å². The minimum Gasteiger partial charge on any atom is -0.457 e. The van der Waals surface area contributed by atoms with Crippen LogP contribution in [-0.4, -0.2) is 0 Å². The molecule has 138 valence electrons. The molecule has 0 unspecified atom stereocenters. The van der Waals surface area contributed by atoms with Crippen LogP contribution in [0.15, 0.2) is 103 Å². The number of para-hydroxylation sites is 1. The summed E-state index contributed by atoms with van der Waals surface area (Å²) in [6, 6.07) is 34.0. The van der Waals surface area contributed by atoms with E-state index in [1.54, 1.807) is 0 Å². The van der Waals surface area contributed by atoms with E-state index in [-0.39, 0.29) is 5.92 Å². The normalized spacial score (nSPS) is 10.8. The molecule has 0 heterocycles. The molecule has 0 bridgehead atoms. The predicted octanol–water partition coefficient (Wildman–Crippen LogP) is 5.82. The summed E-state index contributed by atoms with van der Waals surface area (Å²) in [5.74, 6) is 1.72. The van der Waals surface area contributed by atoms with Crippen molar-refractivity contribution < 1.29 is 4.74 Å². The highest BCUT2D eigenvalue weighted by molar-refractivity contribution is 5.50. The Bertz CT molecular complexity index is 979. The lowest BCUT2D eigenvalue weighted by molar-refractivity contribution is 0.482. The van der Waals surface area contributed by atoms with E-state index in [1.807, 2.05) is 66.7 Å². The van der Waals surface area contributed by atoms with Gasteiger partial charge in [-0.3, -0.25) is 0 Å². The second kappa shape index (κ2) is 7.89. The van der Waals surface area contributed by atoms with E-state index in [1.165, 1.54) is 16.7 Å². The molecule has 0 aromatic heterocycles. The molecule has 3 heteroatoms. The van der Waals surface area contributed by atoms with Crippen LogP contribution in [0.1, 0.15) is 22.6 Å². The Kier molecular flexibility index (Phi) is 4.98. The van der Waals surface area contributed by atoms with Crippen molar-refractivity contribution in [3.8, 4) is 11.5 Å². The molecule has 4 aromatic rings. The van der Waals surface area contributed by atoms with E-state index in [0.29, 0.717) is 0 Å². The van der Waals surface area contributed by atoms with Gasteiger partial charge in [0.05, 0.1) is 0 Å². The van der Waals surface area contributed by atoms with E-state index in [9.17, 15) is 0 Å². The first kappa shape index (κ1) is 17.7. The zero-order chi connectivity index (χ0) is 19.3. The molecule has 4 rings (SSSR count). The van der Waals surface area contributed by atoms with E-state index >= 15 is 0 Å². The Labute approximate surface area is 165 Å². The van der Waals surface area contributed by atoms with Gasteiger partial charge in [0.25, 0.3) is 0 Å². The van der Waals surface area contributed by atoms with Crippen LogP contribution < -0.4 is 16.2 Å². The number of hydrogen-bond acceptors (Lipinski definition) is 3. The summed E-state index contributed by atoms with van der Waals surface area (Å²) in [5, 5.41) is 0. The molecular formula is C25H22N2O. The first-order valence-electron chi connectivity index (χ1n) is 9.23. The molecular weight excluding hydrogens is 344 g/mol. The average Bonchev–Trinajstić information content (AvgIpc) is 2.73. The molecule has 3 nitrogen and oxygen atoms in total. The number of anilines is 2. The van der Waals surface area contributed by atoms with Crippen LogP contribution in [0.4, 0.5) is 11.4 Å². The number of hydrogen-bond donors (Lipinski definition) is 2. The molecule has 28 heavy (non-hydrogen) atoms. The number of nitrogens with two attached hydrogens (primary N) is 2. The smallest absolute Gasteiger partial charge is 0.127 e. The van der Waals surface area contributed by atoms with Crippen molar-refractivity contribution in [2.24, 2.45) is 0 Å². The van der Waals surface area contributed by atoms with E-state index < -0.39 is 0 Å². The van der Waals surface area contributed by atoms with Gasteiger partial charge in [-0.1, -0.05) is 54.6 Å². The van der Waals surface area contributed by atoms with Gasteiger partial charge in [-0.05, 0) is 65.2 Å². The SMILES string of the molecule is Nc1ccc(C(c2ccc(N)cc2)c2ccc(Oc3ccccc3)cc2)cc1. The third-order valence-corrected chi connectivity index (χ3v) is 4.73. The molecule has 0 saturated heterocycles. The molecule has 0 fully saturated rings. The van der Waals surface area contributed by atoms with Crippen molar-refractivity contribution in [2.75, 3.05) is 11.5 Å². The van der Waals surface area contributed by atoms with Gasteiger partial charge >= 0.3 is 0 Å². The molecule has 0 aliphatic rings. The minimum atomic E-state index is 0.0898. The van der Waals surface area contributed by atoms with Gasteiger partial charge in [-0.2, -0.15) is 0 Å². The van der Waals surface area contributed by atoms with Gasteiger partial charge in [-0.25, -0.2) is 0 Å². The van der Waals surface area contributed by atoms with Gasteiger partial charge in [0.1, 0.15) is 11.5 Å². The van der Waals surface area contributed by atoms with Crippen molar-refractivity contribution in [2.45, 2.75) is 5.92 Å². The zero-order valence-electron chi connectivity index (χ0n) is 15.5. The molecule has 0 atom stereocenters. The topological polar surface area (TPSA) is 61.3 Å². The summed E-state index contributed by atoms with van der Waals surface area (Å²) in [7, 11) is 0. The number of ether oxygens (including phenoxy) is 1. The summed E-state index contributed by atoms with van der Waals surface area (Å²) in [5.41, 5.74) is 16.8. The van der Waals surface area contributed by atoms with Gasteiger partial charge < -0.3 is 16.2 Å². The Balaban J connectivity index is 1.68. The van der Waals surface area contributed by atoms with E-state index in [2.05, 4.69) is 36.4 Å². The molecule has 0 aliphatic carbocycles. The second-order valence-electron chi connectivity index (χ2n) is 6.75. The fourth-order valence-corrected chi connectivity index (χ4v) is 3.31. The largest absolute Gasteiger partial charge is 0.457 e. The summed E-state index contributed by atoms with van der Waals surface area (Å²) in [4.78, 5) is 0. The lowest BCUT2D eigenvalue weighted by Gasteiger charge is -2.20. The van der Waals surface area contributed by atoms with Gasteiger partial charge in [0, 0.05) is 17.3 Å². The maximum Gasteiger partial charge on any atom is 0.127 e. The van der Waals surface area contributed by atoms with Crippen molar-refractivity contribution in [1.29, 1.82) is 0 Å². The van der Waals surface area contributed by atoms with Crippen LogP contribution >= 0.6 is 0 Å². The van der Waals surface area contributed by atoms with Crippen LogP contribution in [-0.2, 0) is 0 Å². The summed E-state index contributed by atoms with van der Waals surface area (Å²) < 4.78 is 5.92. The van der Waals surface area contributed by atoms with Crippen molar-refractivity contribution in [3.63, 3.8) is 0 Å². The fraction of sp³-hybridized carbons (Fsp3) is 0.0400. The lowest BCUT2D eigenvalue weighted by atomic mass is 9.85. The maximum atomic E-state index is 5.92. The van der Waals surface area contributed by atoms with Crippen molar-refractivity contribution in [3.05, 3.63) is 120 Å². The number of benzene rings is 4. The summed E-state index contributed by atoms with van der Waals surface area (Å²) >= 11 is 0. The van der Waals surface area contributed by atoms with Crippen molar-refractivity contribution in [1.82, 2.24) is 0 Å². The average molecular weight is 366 g/mol. The van der Waals surface area contributed by atoms with Crippen LogP contribution in [0.25, 0.3) is 0 Å². The Hall–Kier alpha value is -3.72. The second-order valence-corrected chi connectivity index (χ2v) is 6.75. The van der Waals surface area contributed by atoms with Gasteiger partial charge in [0.2, 0.25) is 0 Å². The van der Waals surface area contributed by atoms with Crippen LogP contribution in [0.2, 0.25) is 0 Å². The highest BCUT2D eigenvalue weighted by Gasteiger charge is 2.17. The first-order chi connectivity index (χ1) is 13.7. The highest BCUT2D eigenvalue weighted by Crippen LogP contribution is 2.34. The van der Waals surface area contributed by atoms with E-state index in [0.717, 1.165) is 22.9 Å². The third-order valence-electron chi connectivity index (χ3n) is 4.73. The molecule has 0 spiro atoms. The maximum absolute atomic E-state index is 5.92. The summed E-state index contributed by atoms with van der Waals surface area (Å²) in [6.07, 6.45) is 0. The third kappa shape index (κ3) is 3.99. The van der Waals surface area contributed by atoms with Crippen molar-refractivity contribution >= 4 is 11.4 Å². The molecule has 0 radical (unpaired) electrons. The van der Waals surface area contributed by atoms with Gasteiger partial charge in [0.15, 0.2) is 0 Å².